The molecule has 7 heteroatoms. The molecular weight excluding hydrogens is 661 g/mol. The van der Waals surface area contributed by atoms with Crippen molar-refractivity contribution in [2.75, 3.05) is 11.4 Å². The molecule has 3 aromatic heterocycles. The molecule has 5 heterocycles. The number of imidazole rings is 2. The highest BCUT2D eigenvalue weighted by atomic mass is 16.5. The fraction of sp³-hybridized carbons (Fsp3) is 0.362. The number of benzene rings is 4. The van der Waals surface area contributed by atoms with Gasteiger partial charge in [-0.15, -0.1) is 0 Å². The summed E-state index contributed by atoms with van der Waals surface area (Å²) >= 11 is 0. The van der Waals surface area contributed by atoms with Gasteiger partial charge in [-0.3, -0.25) is 4.40 Å². The van der Waals surface area contributed by atoms with E-state index in [-0.39, 0.29) is 17.8 Å². The number of anilines is 1. The number of aryl methyl sites for hydroxylation is 1. The highest BCUT2D eigenvalue weighted by Crippen LogP contribution is 2.52. The smallest absolute Gasteiger partial charge is 0.417 e. The maximum Gasteiger partial charge on any atom is 0.417 e. The van der Waals surface area contributed by atoms with Crippen molar-refractivity contribution in [1.82, 2.24) is 18.8 Å². The predicted molar refractivity (Wildman–Crippen MR) is 226 cm³/mol. The Balaban J connectivity index is 1.18. The van der Waals surface area contributed by atoms with E-state index >= 15 is 0 Å². The normalized spacial score (nSPS) is 15.7. The maximum atomic E-state index is 6.79. The van der Waals surface area contributed by atoms with Crippen LogP contribution in [0.25, 0.3) is 38.7 Å². The fourth-order valence-corrected chi connectivity index (χ4v) is 9.56. The Bertz CT molecular complexity index is 2610. The van der Waals surface area contributed by atoms with Crippen molar-refractivity contribution >= 4 is 45.5 Å². The van der Waals surface area contributed by atoms with Crippen LogP contribution in [-0.4, -0.2) is 32.4 Å². The molecule has 0 spiro atoms. The van der Waals surface area contributed by atoms with Crippen LogP contribution in [0.5, 0.6) is 11.5 Å². The SMILES string of the molecule is Cc1ccc2c3c1c1ccc(Oc4ccc5c(c4)-c4nccn4B(c4c(C(C)C)cccc4C(C)C)N5CC(C)C)cc1c1ncc(n13)C(C)(C)C2(C)C. The second-order valence-electron chi connectivity index (χ2n) is 17.9. The van der Waals surface area contributed by atoms with E-state index in [9.17, 15) is 0 Å². The average molecular weight is 714 g/mol. The monoisotopic (exact) mass is 713 g/mol. The van der Waals surface area contributed by atoms with E-state index < -0.39 is 0 Å². The minimum Gasteiger partial charge on any atom is -0.457 e. The van der Waals surface area contributed by atoms with Gasteiger partial charge in [0.05, 0.1) is 5.52 Å². The van der Waals surface area contributed by atoms with Gasteiger partial charge in [-0.1, -0.05) is 99.6 Å². The van der Waals surface area contributed by atoms with Gasteiger partial charge in [-0.05, 0) is 94.2 Å². The zero-order valence-corrected chi connectivity index (χ0v) is 33.7. The van der Waals surface area contributed by atoms with Crippen LogP contribution in [0.1, 0.15) is 109 Å². The van der Waals surface area contributed by atoms with Gasteiger partial charge in [-0.25, -0.2) is 9.97 Å². The summed E-state index contributed by atoms with van der Waals surface area (Å²) in [6.07, 6.45) is 6.21. The Morgan fingerprint density at radius 2 is 1.48 bits per heavy atom. The highest BCUT2D eigenvalue weighted by molar-refractivity contribution is 6.77. The minimum absolute atomic E-state index is 0.00342. The van der Waals surface area contributed by atoms with Crippen molar-refractivity contribution in [3.05, 3.63) is 113 Å². The third-order valence-corrected chi connectivity index (χ3v) is 13.0. The third kappa shape index (κ3) is 4.79. The third-order valence-electron chi connectivity index (χ3n) is 13.0. The van der Waals surface area contributed by atoms with Gasteiger partial charge < -0.3 is 14.0 Å². The van der Waals surface area contributed by atoms with E-state index in [2.05, 4.69) is 169 Å². The second-order valence-corrected chi connectivity index (χ2v) is 17.9. The first-order valence-electron chi connectivity index (χ1n) is 19.8. The molecule has 6 nitrogen and oxygen atoms in total. The van der Waals surface area contributed by atoms with Crippen molar-refractivity contribution in [3.63, 3.8) is 0 Å². The average Bonchev–Trinajstić information content (AvgIpc) is 3.80. The molecule has 0 fully saturated rings. The van der Waals surface area contributed by atoms with Crippen molar-refractivity contribution in [2.45, 2.75) is 98.8 Å². The first-order chi connectivity index (χ1) is 25.7. The number of hydrogen-bond acceptors (Lipinski definition) is 4. The molecule has 0 saturated carbocycles. The molecule has 9 rings (SSSR count). The van der Waals surface area contributed by atoms with Crippen LogP contribution in [0, 0.1) is 12.8 Å². The number of fused-ring (bicyclic) bond motifs is 6. The van der Waals surface area contributed by atoms with E-state index in [1.165, 1.54) is 55.4 Å². The summed E-state index contributed by atoms with van der Waals surface area (Å²) < 4.78 is 11.6. The summed E-state index contributed by atoms with van der Waals surface area (Å²) in [5.74, 6) is 3.80. The van der Waals surface area contributed by atoms with Crippen LogP contribution in [-0.2, 0) is 10.8 Å². The molecule has 54 heavy (non-hydrogen) atoms. The van der Waals surface area contributed by atoms with Gasteiger partial charge >= 0.3 is 6.98 Å². The van der Waals surface area contributed by atoms with Crippen molar-refractivity contribution in [2.24, 2.45) is 5.92 Å². The lowest BCUT2D eigenvalue weighted by Crippen LogP contribution is -2.59. The Morgan fingerprint density at radius 3 is 2.19 bits per heavy atom. The number of hydrogen-bond donors (Lipinski definition) is 0. The largest absolute Gasteiger partial charge is 0.457 e. The summed E-state index contributed by atoms with van der Waals surface area (Å²) in [7, 11) is 0. The summed E-state index contributed by atoms with van der Waals surface area (Å²) in [4.78, 5) is 12.7. The van der Waals surface area contributed by atoms with Crippen LogP contribution < -0.4 is 15.0 Å². The summed E-state index contributed by atoms with van der Waals surface area (Å²) in [5.41, 5.74) is 12.5. The van der Waals surface area contributed by atoms with Crippen molar-refractivity contribution < 1.29 is 4.74 Å². The molecule has 7 aromatic rings. The van der Waals surface area contributed by atoms with Crippen molar-refractivity contribution in [1.29, 1.82) is 0 Å². The van der Waals surface area contributed by atoms with Crippen LogP contribution in [0.3, 0.4) is 0 Å². The summed E-state index contributed by atoms with van der Waals surface area (Å²) in [6, 6.07) is 24.6. The quantitative estimate of drug-likeness (QED) is 0.122. The number of ether oxygens (including phenoxy) is 1. The first-order valence-corrected chi connectivity index (χ1v) is 19.8. The van der Waals surface area contributed by atoms with Gasteiger partial charge in [0.2, 0.25) is 0 Å². The highest BCUT2D eigenvalue weighted by Gasteiger charge is 2.46. The molecular formula is C47H52BN5O. The molecule has 0 radical (unpaired) electrons. The number of nitrogens with zero attached hydrogens (tertiary/aromatic N) is 5. The summed E-state index contributed by atoms with van der Waals surface area (Å²) in [5, 5.41) is 3.61. The zero-order valence-electron chi connectivity index (χ0n) is 33.7. The molecule has 0 N–H and O–H groups in total. The Labute approximate surface area is 320 Å². The van der Waals surface area contributed by atoms with Gasteiger partial charge in [0.25, 0.3) is 0 Å². The maximum absolute atomic E-state index is 6.79. The molecule has 2 aliphatic rings. The van der Waals surface area contributed by atoms with E-state index in [0.29, 0.717) is 17.8 Å². The van der Waals surface area contributed by atoms with E-state index in [1.54, 1.807) is 0 Å². The molecule has 0 aliphatic carbocycles. The van der Waals surface area contributed by atoms with Crippen LogP contribution in [0.15, 0.2) is 85.3 Å². The lowest BCUT2D eigenvalue weighted by Gasteiger charge is -2.46. The van der Waals surface area contributed by atoms with Crippen LogP contribution >= 0.6 is 0 Å². The van der Waals surface area contributed by atoms with E-state index in [1.807, 2.05) is 6.20 Å². The molecule has 4 aromatic carbocycles. The van der Waals surface area contributed by atoms with Crippen molar-refractivity contribution in [3.8, 4) is 22.9 Å². The molecule has 0 bridgehead atoms. The van der Waals surface area contributed by atoms with Crippen LogP contribution in [0.2, 0.25) is 0 Å². The minimum atomic E-state index is -0.103. The number of rotatable bonds is 7. The summed E-state index contributed by atoms with van der Waals surface area (Å²) in [6.45, 7) is 26.5. The van der Waals surface area contributed by atoms with E-state index in [4.69, 9.17) is 14.7 Å². The Morgan fingerprint density at radius 1 is 0.778 bits per heavy atom. The number of pyridine rings is 1. The molecule has 2 aliphatic heterocycles. The molecule has 0 atom stereocenters. The molecule has 0 saturated heterocycles. The second kappa shape index (κ2) is 12.0. The lowest BCUT2D eigenvalue weighted by atomic mass is 9.57. The van der Waals surface area contributed by atoms with Gasteiger partial charge in [0.15, 0.2) is 0 Å². The molecule has 0 amide bonds. The van der Waals surface area contributed by atoms with E-state index in [0.717, 1.165) is 40.5 Å². The molecule has 274 valence electrons. The topological polar surface area (TPSA) is 47.6 Å². The first kappa shape index (κ1) is 34.7. The Kier molecular flexibility index (Phi) is 7.70. The van der Waals surface area contributed by atoms with Gasteiger partial charge in [0, 0.05) is 63.7 Å². The predicted octanol–water partition coefficient (Wildman–Crippen LogP) is 11.1. The van der Waals surface area contributed by atoms with Gasteiger partial charge in [0.1, 0.15) is 23.0 Å². The van der Waals surface area contributed by atoms with Crippen LogP contribution in [0.4, 0.5) is 5.69 Å². The fourth-order valence-electron chi connectivity index (χ4n) is 9.56. The van der Waals surface area contributed by atoms with Gasteiger partial charge in [-0.2, -0.15) is 0 Å². The zero-order chi connectivity index (χ0) is 38.0. The lowest BCUT2D eigenvalue weighted by molar-refractivity contribution is 0.288. The number of aromatic nitrogens is 4. The standard InChI is InChI=1S/C47H52BN5O/c1-27(2)26-52-39-20-17-32(24-37(39)44-49-21-22-51(44)48(52)42-33(28(3)4)13-12-14-34(42)29(5)6)54-31-16-18-35-36(23-31)45-50-25-40-47(10,11)46(8,9)38-19-15-30(7)41(35)43(38)53(40)45/h12-25,27-29H,26H2,1-11H3. The molecule has 0 unspecified atom stereocenters. The Hall–Kier alpha value is -5.04.